The van der Waals surface area contributed by atoms with Crippen LogP contribution in [-0.2, 0) is 9.59 Å². The lowest BCUT2D eigenvalue weighted by Crippen LogP contribution is -2.18. The topological polar surface area (TPSA) is 52.6 Å². The van der Waals surface area contributed by atoms with Crippen LogP contribution in [0.25, 0.3) is 0 Å². The van der Waals surface area contributed by atoms with E-state index in [2.05, 4.69) is 6.92 Å². The third kappa shape index (κ3) is 7.25. The SMILES string of the molecule is CCCCCC(=O)Oc1ccccc1OC(=O)CC(C)(C)C. The fraction of sp³-hybridized carbons (Fsp3) is 0.556. The molecule has 0 saturated heterocycles. The molecule has 0 atom stereocenters. The van der Waals surface area contributed by atoms with Gasteiger partial charge in [0.2, 0.25) is 0 Å². The van der Waals surface area contributed by atoms with E-state index >= 15 is 0 Å². The van der Waals surface area contributed by atoms with Crippen molar-refractivity contribution in [3.63, 3.8) is 0 Å². The number of esters is 2. The molecule has 22 heavy (non-hydrogen) atoms. The van der Waals surface area contributed by atoms with Crippen LogP contribution in [0.2, 0.25) is 0 Å². The predicted octanol–water partition coefficient (Wildman–Crippen LogP) is 4.51. The quantitative estimate of drug-likeness (QED) is 0.422. The van der Waals surface area contributed by atoms with Crippen molar-refractivity contribution >= 4 is 11.9 Å². The summed E-state index contributed by atoms with van der Waals surface area (Å²) >= 11 is 0. The fourth-order valence-electron chi connectivity index (χ4n) is 1.90. The van der Waals surface area contributed by atoms with Crippen molar-refractivity contribution in [2.75, 3.05) is 0 Å². The number of carbonyl (C=O) groups excluding carboxylic acids is 2. The number of carbonyl (C=O) groups is 2. The third-order valence-corrected chi connectivity index (χ3v) is 2.96. The van der Waals surface area contributed by atoms with Crippen molar-refractivity contribution in [1.29, 1.82) is 0 Å². The number of para-hydroxylation sites is 2. The molecule has 1 aromatic carbocycles. The number of hydrogen-bond acceptors (Lipinski definition) is 4. The van der Waals surface area contributed by atoms with Crippen molar-refractivity contribution in [2.24, 2.45) is 5.41 Å². The molecule has 0 spiro atoms. The summed E-state index contributed by atoms with van der Waals surface area (Å²) < 4.78 is 10.6. The van der Waals surface area contributed by atoms with Gasteiger partial charge in [-0.05, 0) is 24.0 Å². The maximum absolute atomic E-state index is 11.9. The van der Waals surface area contributed by atoms with E-state index in [1.165, 1.54) is 0 Å². The molecular weight excluding hydrogens is 280 g/mol. The number of rotatable bonds is 7. The summed E-state index contributed by atoms with van der Waals surface area (Å²) in [4.78, 5) is 23.7. The molecule has 0 aliphatic rings. The van der Waals surface area contributed by atoms with Gasteiger partial charge in [0.05, 0.1) is 6.42 Å². The molecule has 0 N–H and O–H groups in total. The van der Waals surface area contributed by atoms with Crippen molar-refractivity contribution in [2.45, 2.75) is 59.8 Å². The lowest BCUT2D eigenvalue weighted by atomic mass is 9.92. The van der Waals surface area contributed by atoms with Gasteiger partial charge >= 0.3 is 11.9 Å². The van der Waals surface area contributed by atoms with Gasteiger partial charge in [0.25, 0.3) is 0 Å². The average molecular weight is 306 g/mol. The first kappa shape index (κ1) is 18.2. The van der Waals surface area contributed by atoms with Crippen molar-refractivity contribution in [1.82, 2.24) is 0 Å². The van der Waals surface area contributed by atoms with Crippen LogP contribution in [0.5, 0.6) is 11.5 Å². The Bertz CT molecular complexity index is 500. The second-order valence-corrected chi connectivity index (χ2v) is 6.59. The lowest BCUT2D eigenvalue weighted by Gasteiger charge is -2.17. The largest absolute Gasteiger partial charge is 0.423 e. The Morgan fingerprint density at radius 1 is 0.955 bits per heavy atom. The highest BCUT2D eigenvalue weighted by Gasteiger charge is 2.19. The zero-order valence-electron chi connectivity index (χ0n) is 14.0. The van der Waals surface area contributed by atoms with Crippen LogP contribution in [0.15, 0.2) is 24.3 Å². The molecular formula is C18H26O4. The molecule has 0 saturated carbocycles. The highest BCUT2D eigenvalue weighted by atomic mass is 16.6. The zero-order valence-corrected chi connectivity index (χ0v) is 14.0. The van der Waals surface area contributed by atoms with E-state index in [1.807, 2.05) is 20.8 Å². The highest BCUT2D eigenvalue weighted by molar-refractivity contribution is 5.76. The lowest BCUT2D eigenvalue weighted by molar-refractivity contribution is -0.138. The molecule has 0 amide bonds. The molecule has 1 rings (SSSR count). The minimum atomic E-state index is -0.331. The first-order valence-corrected chi connectivity index (χ1v) is 7.82. The highest BCUT2D eigenvalue weighted by Crippen LogP contribution is 2.28. The first-order chi connectivity index (χ1) is 10.3. The van der Waals surface area contributed by atoms with Crippen molar-refractivity contribution in [3.8, 4) is 11.5 Å². The molecule has 0 aromatic heterocycles. The standard InChI is InChI=1S/C18H26O4/c1-5-6-7-12-16(19)21-14-10-8-9-11-15(14)22-17(20)13-18(2,3)4/h8-11H,5-7,12-13H2,1-4H3. The molecule has 4 nitrogen and oxygen atoms in total. The molecule has 0 heterocycles. The molecule has 122 valence electrons. The normalized spacial score (nSPS) is 11.1. The van der Waals surface area contributed by atoms with Gasteiger partial charge in [-0.2, -0.15) is 0 Å². The molecule has 1 aromatic rings. The number of benzene rings is 1. The monoisotopic (exact) mass is 306 g/mol. The van der Waals surface area contributed by atoms with Crippen LogP contribution in [0.3, 0.4) is 0 Å². The van der Waals surface area contributed by atoms with E-state index < -0.39 is 0 Å². The second-order valence-electron chi connectivity index (χ2n) is 6.59. The van der Waals surface area contributed by atoms with Gasteiger partial charge in [-0.25, -0.2) is 0 Å². The zero-order chi connectivity index (χ0) is 16.6. The Morgan fingerprint density at radius 2 is 1.50 bits per heavy atom. The minimum Gasteiger partial charge on any atom is -0.423 e. The smallest absolute Gasteiger partial charge is 0.311 e. The van der Waals surface area contributed by atoms with Gasteiger partial charge in [-0.3, -0.25) is 9.59 Å². The van der Waals surface area contributed by atoms with Crippen LogP contribution in [0.1, 0.15) is 59.8 Å². The van der Waals surface area contributed by atoms with Crippen molar-refractivity contribution < 1.29 is 19.1 Å². The molecule has 0 aliphatic carbocycles. The van der Waals surface area contributed by atoms with E-state index in [0.717, 1.165) is 19.3 Å². The molecule has 0 aliphatic heterocycles. The average Bonchev–Trinajstić information content (AvgIpc) is 2.39. The molecule has 0 radical (unpaired) electrons. The van der Waals surface area contributed by atoms with Gasteiger partial charge in [0.15, 0.2) is 11.5 Å². The Labute approximate surface area is 132 Å². The van der Waals surface area contributed by atoms with E-state index in [1.54, 1.807) is 24.3 Å². The second kappa shape index (κ2) is 8.57. The van der Waals surface area contributed by atoms with Gasteiger partial charge in [-0.1, -0.05) is 52.7 Å². The Morgan fingerprint density at radius 3 is 2.00 bits per heavy atom. The van der Waals surface area contributed by atoms with E-state index in [-0.39, 0.29) is 17.4 Å². The fourth-order valence-corrected chi connectivity index (χ4v) is 1.90. The summed E-state index contributed by atoms with van der Waals surface area (Å²) in [5, 5.41) is 0. The van der Waals surface area contributed by atoms with Gasteiger partial charge in [0, 0.05) is 6.42 Å². The van der Waals surface area contributed by atoms with E-state index in [4.69, 9.17) is 9.47 Å². The maximum Gasteiger partial charge on any atom is 0.311 e. The van der Waals surface area contributed by atoms with E-state index in [0.29, 0.717) is 24.3 Å². The summed E-state index contributed by atoms with van der Waals surface area (Å²) in [5.41, 5.74) is -0.150. The Hall–Kier alpha value is -1.84. The summed E-state index contributed by atoms with van der Waals surface area (Å²) in [5.74, 6) is -0.0402. The molecule has 0 fully saturated rings. The predicted molar refractivity (Wildman–Crippen MR) is 85.9 cm³/mol. The Balaban J connectivity index is 2.65. The first-order valence-electron chi connectivity index (χ1n) is 7.82. The van der Waals surface area contributed by atoms with Crippen molar-refractivity contribution in [3.05, 3.63) is 24.3 Å². The number of hydrogen-bond donors (Lipinski definition) is 0. The van der Waals surface area contributed by atoms with Crippen LogP contribution < -0.4 is 9.47 Å². The van der Waals surface area contributed by atoms with Crippen LogP contribution >= 0.6 is 0 Å². The Kier molecular flexibility index (Phi) is 7.09. The number of ether oxygens (including phenoxy) is 2. The maximum atomic E-state index is 11.9. The molecule has 4 heteroatoms. The van der Waals surface area contributed by atoms with Crippen LogP contribution in [0, 0.1) is 5.41 Å². The van der Waals surface area contributed by atoms with Gasteiger partial charge < -0.3 is 9.47 Å². The summed E-state index contributed by atoms with van der Waals surface area (Å²) in [7, 11) is 0. The number of unbranched alkanes of at least 4 members (excludes halogenated alkanes) is 2. The van der Waals surface area contributed by atoms with E-state index in [9.17, 15) is 9.59 Å². The summed E-state index contributed by atoms with van der Waals surface area (Å²) in [6, 6.07) is 6.76. The third-order valence-electron chi connectivity index (χ3n) is 2.96. The van der Waals surface area contributed by atoms with Gasteiger partial charge in [-0.15, -0.1) is 0 Å². The molecule has 0 unspecified atom stereocenters. The van der Waals surface area contributed by atoms with Crippen LogP contribution in [0.4, 0.5) is 0 Å². The molecule has 0 bridgehead atoms. The van der Waals surface area contributed by atoms with Crippen LogP contribution in [-0.4, -0.2) is 11.9 Å². The van der Waals surface area contributed by atoms with Gasteiger partial charge in [0.1, 0.15) is 0 Å². The summed E-state index contributed by atoms with van der Waals surface area (Å²) in [6.07, 6.45) is 3.52. The minimum absolute atomic E-state index is 0.150. The summed E-state index contributed by atoms with van der Waals surface area (Å²) in [6.45, 7) is 7.98.